The summed E-state index contributed by atoms with van der Waals surface area (Å²) in [6.45, 7) is 0. The number of hydrogen-bond acceptors (Lipinski definition) is 2. The highest BCUT2D eigenvalue weighted by molar-refractivity contribution is 5.80. The van der Waals surface area contributed by atoms with Gasteiger partial charge in [-0.3, -0.25) is 9.97 Å². The van der Waals surface area contributed by atoms with Crippen LogP contribution in [0.5, 0.6) is 0 Å². The molecule has 2 heterocycles. The summed E-state index contributed by atoms with van der Waals surface area (Å²) in [5, 5.41) is 0. The van der Waals surface area contributed by atoms with Crippen LogP contribution in [0.3, 0.4) is 0 Å². The van der Waals surface area contributed by atoms with Crippen molar-refractivity contribution in [1.29, 1.82) is 0 Å². The van der Waals surface area contributed by atoms with Crippen LogP contribution in [0.4, 0.5) is 0 Å². The van der Waals surface area contributed by atoms with Crippen molar-refractivity contribution in [2.75, 3.05) is 0 Å². The van der Waals surface area contributed by atoms with Crippen LogP contribution in [0.15, 0.2) is 122 Å². The SMILES string of the molecule is c1ccc(-c2cc(-c3cccc(CCc4ccccn4)c3)cc(-c3ccccn3)c2)cc1. The van der Waals surface area contributed by atoms with Crippen LogP contribution in [0.1, 0.15) is 11.3 Å². The molecule has 0 aliphatic carbocycles. The Bertz CT molecular complexity index is 1240. The summed E-state index contributed by atoms with van der Waals surface area (Å²) in [5.41, 5.74) is 9.38. The first-order valence-corrected chi connectivity index (χ1v) is 11.0. The van der Waals surface area contributed by atoms with Gasteiger partial charge in [-0.15, -0.1) is 0 Å². The fraction of sp³-hybridized carbons (Fsp3) is 0.0667. The zero-order valence-electron chi connectivity index (χ0n) is 17.9. The van der Waals surface area contributed by atoms with Gasteiger partial charge in [0.25, 0.3) is 0 Å². The number of rotatable bonds is 6. The summed E-state index contributed by atoms with van der Waals surface area (Å²) in [5.74, 6) is 0. The Morgan fingerprint density at radius 1 is 0.438 bits per heavy atom. The summed E-state index contributed by atoms with van der Waals surface area (Å²) in [4.78, 5) is 9.05. The van der Waals surface area contributed by atoms with Gasteiger partial charge in [0.2, 0.25) is 0 Å². The quantitative estimate of drug-likeness (QED) is 0.293. The van der Waals surface area contributed by atoms with Crippen molar-refractivity contribution in [3.8, 4) is 33.5 Å². The van der Waals surface area contributed by atoms with Gasteiger partial charge in [-0.2, -0.15) is 0 Å². The third kappa shape index (κ3) is 4.65. The molecule has 0 atom stereocenters. The first-order valence-electron chi connectivity index (χ1n) is 11.0. The van der Waals surface area contributed by atoms with Crippen LogP contribution in [-0.2, 0) is 12.8 Å². The van der Waals surface area contributed by atoms with Crippen LogP contribution < -0.4 is 0 Å². The molecule has 0 amide bonds. The number of hydrogen-bond donors (Lipinski definition) is 0. The molecule has 0 spiro atoms. The number of benzene rings is 3. The zero-order chi connectivity index (χ0) is 21.6. The van der Waals surface area contributed by atoms with Crippen molar-refractivity contribution in [3.05, 3.63) is 133 Å². The lowest BCUT2D eigenvalue weighted by molar-refractivity contribution is 0.914. The van der Waals surface area contributed by atoms with Crippen molar-refractivity contribution < 1.29 is 0 Å². The number of aromatic nitrogens is 2. The lowest BCUT2D eigenvalue weighted by Gasteiger charge is -2.12. The third-order valence-electron chi connectivity index (χ3n) is 5.66. The van der Waals surface area contributed by atoms with Crippen molar-refractivity contribution in [2.24, 2.45) is 0 Å². The first kappa shape index (κ1) is 19.9. The standard InChI is InChI=1S/C30H24N2/c1-2-10-24(11-3-1)26-20-27(22-28(21-26)30-14-5-7-18-32-30)25-12-8-9-23(19-25)15-16-29-13-4-6-17-31-29/h1-14,17-22H,15-16H2. The molecule has 2 nitrogen and oxygen atoms in total. The third-order valence-corrected chi connectivity index (χ3v) is 5.66. The summed E-state index contributed by atoms with van der Waals surface area (Å²) in [7, 11) is 0. The number of nitrogens with zero attached hydrogens (tertiary/aromatic N) is 2. The minimum atomic E-state index is 0.938. The van der Waals surface area contributed by atoms with Crippen LogP contribution in [0, 0.1) is 0 Å². The van der Waals surface area contributed by atoms with E-state index in [1.54, 1.807) is 0 Å². The van der Waals surface area contributed by atoms with E-state index < -0.39 is 0 Å². The summed E-state index contributed by atoms with van der Waals surface area (Å²) in [6.07, 6.45) is 5.62. The summed E-state index contributed by atoms with van der Waals surface area (Å²) >= 11 is 0. The fourth-order valence-corrected chi connectivity index (χ4v) is 4.00. The Kier molecular flexibility index (Phi) is 5.85. The van der Waals surface area contributed by atoms with Gasteiger partial charge < -0.3 is 0 Å². The number of pyridine rings is 2. The molecule has 0 radical (unpaired) electrons. The van der Waals surface area contributed by atoms with Crippen molar-refractivity contribution >= 4 is 0 Å². The molecule has 0 saturated heterocycles. The van der Waals surface area contributed by atoms with Crippen LogP contribution in [0.2, 0.25) is 0 Å². The molecule has 32 heavy (non-hydrogen) atoms. The van der Waals surface area contributed by atoms with Gasteiger partial charge in [-0.05, 0) is 83.1 Å². The monoisotopic (exact) mass is 412 g/mol. The minimum absolute atomic E-state index is 0.938. The topological polar surface area (TPSA) is 25.8 Å². The molecule has 0 aliphatic heterocycles. The average Bonchev–Trinajstić information content (AvgIpc) is 2.89. The second-order valence-corrected chi connectivity index (χ2v) is 7.90. The van der Waals surface area contributed by atoms with Gasteiger partial charge in [0.05, 0.1) is 5.69 Å². The Morgan fingerprint density at radius 2 is 1.12 bits per heavy atom. The van der Waals surface area contributed by atoms with E-state index in [-0.39, 0.29) is 0 Å². The highest BCUT2D eigenvalue weighted by Gasteiger charge is 2.09. The predicted octanol–water partition coefficient (Wildman–Crippen LogP) is 7.26. The van der Waals surface area contributed by atoms with E-state index in [0.717, 1.165) is 29.8 Å². The molecular formula is C30H24N2. The number of aryl methyl sites for hydroxylation is 2. The van der Waals surface area contributed by atoms with Crippen LogP contribution in [-0.4, -0.2) is 9.97 Å². The summed E-state index contributed by atoms with van der Waals surface area (Å²) < 4.78 is 0. The molecule has 5 aromatic rings. The lowest BCUT2D eigenvalue weighted by Crippen LogP contribution is -1.94. The van der Waals surface area contributed by atoms with E-state index >= 15 is 0 Å². The molecule has 0 saturated carbocycles. The summed E-state index contributed by atoms with van der Waals surface area (Å²) in [6, 6.07) is 38.3. The van der Waals surface area contributed by atoms with Gasteiger partial charge in [0, 0.05) is 23.7 Å². The Morgan fingerprint density at radius 3 is 1.88 bits per heavy atom. The van der Waals surface area contributed by atoms with E-state index in [1.165, 1.54) is 27.8 Å². The molecule has 0 aliphatic rings. The zero-order valence-corrected chi connectivity index (χ0v) is 17.9. The minimum Gasteiger partial charge on any atom is -0.261 e. The normalized spacial score (nSPS) is 10.8. The lowest BCUT2D eigenvalue weighted by atomic mass is 9.93. The Hall–Kier alpha value is -4.04. The molecule has 5 rings (SSSR count). The maximum Gasteiger partial charge on any atom is 0.0702 e. The Balaban J connectivity index is 1.52. The van der Waals surface area contributed by atoms with Gasteiger partial charge in [0.1, 0.15) is 0 Å². The molecule has 2 aromatic heterocycles. The molecule has 154 valence electrons. The van der Waals surface area contributed by atoms with E-state index in [9.17, 15) is 0 Å². The molecule has 0 bridgehead atoms. The second-order valence-electron chi connectivity index (χ2n) is 7.90. The van der Waals surface area contributed by atoms with Crippen LogP contribution >= 0.6 is 0 Å². The van der Waals surface area contributed by atoms with Gasteiger partial charge in [-0.1, -0.05) is 66.7 Å². The largest absolute Gasteiger partial charge is 0.261 e. The van der Waals surface area contributed by atoms with E-state index in [1.807, 2.05) is 36.7 Å². The molecule has 2 heteroatoms. The van der Waals surface area contributed by atoms with Crippen molar-refractivity contribution in [3.63, 3.8) is 0 Å². The predicted molar refractivity (Wildman–Crippen MR) is 132 cm³/mol. The van der Waals surface area contributed by atoms with E-state index in [4.69, 9.17) is 0 Å². The van der Waals surface area contributed by atoms with Gasteiger partial charge >= 0.3 is 0 Å². The Labute approximate surface area is 189 Å². The molecular weight excluding hydrogens is 388 g/mol. The maximum atomic E-state index is 4.59. The van der Waals surface area contributed by atoms with Gasteiger partial charge in [-0.25, -0.2) is 0 Å². The van der Waals surface area contributed by atoms with E-state index in [2.05, 4.69) is 94.9 Å². The smallest absolute Gasteiger partial charge is 0.0702 e. The molecule has 0 fully saturated rings. The fourth-order valence-electron chi connectivity index (χ4n) is 4.00. The van der Waals surface area contributed by atoms with Crippen LogP contribution in [0.25, 0.3) is 33.5 Å². The average molecular weight is 413 g/mol. The van der Waals surface area contributed by atoms with E-state index in [0.29, 0.717) is 0 Å². The second kappa shape index (κ2) is 9.40. The maximum absolute atomic E-state index is 4.59. The highest BCUT2D eigenvalue weighted by Crippen LogP contribution is 2.32. The van der Waals surface area contributed by atoms with Crippen molar-refractivity contribution in [2.45, 2.75) is 12.8 Å². The van der Waals surface area contributed by atoms with Crippen molar-refractivity contribution in [1.82, 2.24) is 9.97 Å². The molecule has 0 N–H and O–H groups in total. The first-order chi connectivity index (χ1) is 15.8. The van der Waals surface area contributed by atoms with Gasteiger partial charge in [0.15, 0.2) is 0 Å². The highest BCUT2D eigenvalue weighted by atomic mass is 14.7. The molecule has 3 aromatic carbocycles. The molecule has 0 unspecified atom stereocenters.